The Labute approximate surface area is 149 Å². The average molecular weight is 361 g/mol. The molecule has 0 atom stereocenters. The molecular formula is C16H17ClN6O2. The Bertz CT molecular complexity index is 933. The summed E-state index contributed by atoms with van der Waals surface area (Å²) in [4.78, 5) is 13.3. The third-order valence-electron chi connectivity index (χ3n) is 3.97. The first-order chi connectivity index (χ1) is 12.1. The van der Waals surface area contributed by atoms with Gasteiger partial charge in [-0.2, -0.15) is 5.10 Å². The first-order valence-corrected chi connectivity index (χ1v) is 8.37. The fourth-order valence-corrected chi connectivity index (χ4v) is 2.98. The topological polar surface area (TPSA) is 90.9 Å². The van der Waals surface area contributed by atoms with Gasteiger partial charge in [0.1, 0.15) is 35.6 Å². The predicted octanol–water partition coefficient (Wildman–Crippen LogP) is 2.32. The monoisotopic (exact) mass is 360 g/mol. The summed E-state index contributed by atoms with van der Waals surface area (Å²) in [6.45, 7) is 4.97. The van der Waals surface area contributed by atoms with Crippen molar-refractivity contribution in [2.24, 2.45) is 0 Å². The number of halogens is 1. The molecule has 3 aromatic heterocycles. The van der Waals surface area contributed by atoms with Crippen LogP contribution in [-0.2, 0) is 13.2 Å². The molecule has 3 aromatic rings. The van der Waals surface area contributed by atoms with Crippen LogP contribution in [0.5, 0.6) is 5.75 Å². The van der Waals surface area contributed by atoms with Gasteiger partial charge in [-0.25, -0.2) is 19.6 Å². The van der Waals surface area contributed by atoms with E-state index in [-0.39, 0.29) is 12.6 Å². The van der Waals surface area contributed by atoms with Crippen LogP contribution in [-0.4, -0.2) is 41.0 Å². The van der Waals surface area contributed by atoms with Crippen LogP contribution in [0.25, 0.3) is 22.9 Å². The highest BCUT2D eigenvalue weighted by molar-refractivity contribution is 6.29. The molecule has 1 aliphatic rings. The second-order valence-electron chi connectivity index (χ2n) is 6.04. The predicted molar refractivity (Wildman–Crippen MR) is 91.3 cm³/mol. The van der Waals surface area contributed by atoms with Crippen molar-refractivity contribution in [1.82, 2.24) is 29.3 Å². The van der Waals surface area contributed by atoms with Gasteiger partial charge < -0.3 is 14.4 Å². The Balaban J connectivity index is 1.86. The summed E-state index contributed by atoms with van der Waals surface area (Å²) in [6.07, 6.45) is 3.59. The SMILES string of the molecule is CC(C)n1nc(CO)nc1-c1cn2c(n1)-c1cnc(Cl)cc1OCC2. The Kier molecular flexibility index (Phi) is 3.93. The number of pyridine rings is 1. The zero-order chi connectivity index (χ0) is 17.6. The van der Waals surface area contributed by atoms with E-state index in [1.165, 1.54) is 0 Å². The molecule has 1 aliphatic heterocycles. The van der Waals surface area contributed by atoms with Crippen LogP contribution >= 0.6 is 11.6 Å². The zero-order valence-corrected chi connectivity index (χ0v) is 14.6. The van der Waals surface area contributed by atoms with Gasteiger partial charge in [0.05, 0.1) is 12.1 Å². The molecule has 0 aliphatic carbocycles. The molecular weight excluding hydrogens is 344 g/mol. The van der Waals surface area contributed by atoms with Gasteiger partial charge in [0.2, 0.25) is 0 Å². The van der Waals surface area contributed by atoms with Crippen LogP contribution in [0.15, 0.2) is 18.5 Å². The highest BCUT2D eigenvalue weighted by atomic mass is 35.5. The van der Waals surface area contributed by atoms with Crippen molar-refractivity contribution >= 4 is 11.6 Å². The lowest BCUT2D eigenvalue weighted by atomic mass is 10.2. The van der Waals surface area contributed by atoms with E-state index in [0.29, 0.717) is 41.4 Å². The zero-order valence-electron chi connectivity index (χ0n) is 13.8. The van der Waals surface area contributed by atoms with Crippen molar-refractivity contribution < 1.29 is 9.84 Å². The molecule has 130 valence electrons. The van der Waals surface area contributed by atoms with Crippen molar-refractivity contribution in [2.45, 2.75) is 33.0 Å². The Hall–Kier alpha value is -2.45. The van der Waals surface area contributed by atoms with E-state index in [4.69, 9.17) is 21.3 Å². The maximum Gasteiger partial charge on any atom is 0.179 e. The Morgan fingerprint density at radius 3 is 2.92 bits per heavy atom. The van der Waals surface area contributed by atoms with Crippen LogP contribution in [0.2, 0.25) is 5.15 Å². The highest BCUT2D eigenvalue weighted by Crippen LogP contribution is 2.34. The molecule has 8 nitrogen and oxygen atoms in total. The van der Waals surface area contributed by atoms with Crippen molar-refractivity contribution in [3.63, 3.8) is 0 Å². The summed E-state index contributed by atoms with van der Waals surface area (Å²) in [6, 6.07) is 1.79. The number of ether oxygens (including phenoxy) is 1. The van der Waals surface area contributed by atoms with Crippen molar-refractivity contribution in [1.29, 1.82) is 0 Å². The van der Waals surface area contributed by atoms with Crippen LogP contribution < -0.4 is 4.74 Å². The van der Waals surface area contributed by atoms with E-state index in [0.717, 1.165) is 11.4 Å². The number of imidazole rings is 1. The molecule has 0 fully saturated rings. The van der Waals surface area contributed by atoms with E-state index in [9.17, 15) is 5.11 Å². The first-order valence-electron chi connectivity index (χ1n) is 7.99. The number of aliphatic hydroxyl groups is 1. The Morgan fingerprint density at radius 1 is 1.32 bits per heavy atom. The van der Waals surface area contributed by atoms with E-state index in [1.54, 1.807) is 16.9 Å². The number of hydrogen-bond donors (Lipinski definition) is 1. The molecule has 4 rings (SSSR count). The fourth-order valence-electron chi connectivity index (χ4n) is 2.83. The summed E-state index contributed by atoms with van der Waals surface area (Å²) in [5, 5.41) is 14.1. The molecule has 0 bridgehead atoms. The van der Waals surface area contributed by atoms with Gasteiger partial charge >= 0.3 is 0 Å². The lowest BCUT2D eigenvalue weighted by Gasteiger charge is -2.07. The normalized spacial score (nSPS) is 13.3. The van der Waals surface area contributed by atoms with E-state index >= 15 is 0 Å². The number of fused-ring (bicyclic) bond motifs is 3. The van der Waals surface area contributed by atoms with Crippen LogP contribution in [0.3, 0.4) is 0 Å². The molecule has 0 saturated carbocycles. The van der Waals surface area contributed by atoms with Gasteiger partial charge in [0.25, 0.3) is 0 Å². The summed E-state index contributed by atoms with van der Waals surface area (Å²) >= 11 is 5.97. The number of rotatable bonds is 3. The third-order valence-corrected chi connectivity index (χ3v) is 4.18. The molecule has 4 heterocycles. The quantitative estimate of drug-likeness (QED) is 0.721. The summed E-state index contributed by atoms with van der Waals surface area (Å²) in [5.41, 5.74) is 1.48. The van der Waals surface area contributed by atoms with Crippen LogP contribution in [0.1, 0.15) is 25.7 Å². The number of hydrogen-bond acceptors (Lipinski definition) is 6. The van der Waals surface area contributed by atoms with Gasteiger partial charge in [-0.15, -0.1) is 0 Å². The maximum atomic E-state index is 9.36. The van der Waals surface area contributed by atoms with Gasteiger partial charge in [0.15, 0.2) is 11.6 Å². The molecule has 1 N–H and O–H groups in total. The summed E-state index contributed by atoms with van der Waals surface area (Å²) in [5.74, 6) is 2.42. The number of aromatic nitrogens is 6. The largest absolute Gasteiger partial charge is 0.491 e. The summed E-state index contributed by atoms with van der Waals surface area (Å²) in [7, 11) is 0. The lowest BCUT2D eigenvalue weighted by molar-refractivity contribution is 0.270. The van der Waals surface area contributed by atoms with Crippen molar-refractivity contribution in [3.8, 4) is 28.7 Å². The number of aliphatic hydroxyl groups excluding tert-OH is 1. The van der Waals surface area contributed by atoms with Gasteiger partial charge in [0, 0.05) is 24.5 Å². The summed E-state index contributed by atoms with van der Waals surface area (Å²) < 4.78 is 9.53. The molecule has 0 spiro atoms. The second kappa shape index (κ2) is 6.12. The highest BCUT2D eigenvalue weighted by Gasteiger charge is 2.23. The standard InChI is InChI=1S/C16H17ClN6O2/c1-9(2)23-16(20-14(8-24)21-23)11-7-22-3-4-25-12-5-13(17)18-6-10(12)15(22)19-11/h5-7,9,24H,3-4,8H2,1-2H3. The smallest absolute Gasteiger partial charge is 0.179 e. The van der Waals surface area contributed by atoms with Gasteiger partial charge in [-0.3, -0.25) is 0 Å². The minimum atomic E-state index is -0.209. The van der Waals surface area contributed by atoms with Crippen LogP contribution in [0.4, 0.5) is 0 Å². The molecule has 9 heteroatoms. The molecule has 0 radical (unpaired) electrons. The van der Waals surface area contributed by atoms with E-state index in [2.05, 4.69) is 15.1 Å². The second-order valence-corrected chi connectivity index (χ2v) is 6.43. The minimum absolute atomic E-state index is 0.0976. The van der Waals surface area contributed by atoms with Gasteiger partial charge in [-0.05, 0) is 13.8 Å². The first kappa shape index (κ1) is 16.0. The van der Waals surface area contributed by atoms with Crippen LogP contribution in [0, 0.1) is 0 Å². The minimum Gasteiger partial charge on any atom is -0.491 e. The van der Waals surface area contributed by atoms with E-state index < -0.39 is 0 Å². The van der Waals surface area contributed by atoms with E-state index in [1.807, 2.05) is 24.6 Å². The third kappa shape index (κ3) is 2.77. The van der Waals surface area contributed by atoms with Crippen molar-refractivity contribution in [2.75, 3.05) is 6.61 Å². The van der Waals surface area contributed by atoms with Gasteiger partial charge in [-0.1, -0.05) is 11.6 Å². The molecule has 0 aromatic carbocycles. The average Bonchev–Trinajstić information content (AvgIpc) is 3.16. The molecule has 0 saturated heterocycles. The molecule has 25 heavy (non-hydrogen) atoms. The maximum absolute atomic E-state index is 9.36. The van der Waals surface area contributed by atoms with Crippen molar-refractivity contribution in [3.05, 3.63) is 29.4 Å². The fraction of sp³-hybridized carbons (Fsp3) is 0.375. The molecule has 0 unspecified atom stereocenters. The Morgan fingerprint density at radius 2 is 2.16 bits per heavy atom. The number of nitrogens with zero attached hydrogens (tertiary/aromatic N) is 6. The lowest BCUT2D eigenvalue weighted by Crippen LogP contribution is -2.06. The molecule has 0 amide bonds.